The molecule has 0 radical (unpaired) electrons. The number of hydrogen-bond donors (Lipinski definition) is 1. The van der Waals surface area contributed by atoms with Crippen LogP contribution in [0.15, 0.2) is 0 Å². The van der Waals surface area contributed by atoms with Gasteiger partial charge in [0, 0.05) is 37.7 Å². The van der Waals surface area contributed by atoms with E-state index in [1.165, 1.54) is 17.2 Å². The summed E-state index contributed by atoms with van der Waals surface area (Å²) in [5.74, 6) is 1.20. The molecule has 1 aliphatic rings. The molecule has 0 aliphatic carbocycles. The van der Waals surface area contributed by atoms with E-state index in [1.54, 1.807) is 7.11 Å². The van der Waals surface area contributed by atoms with E-state index in [4.69, 9.17) is 9.72 Å². The molecule has 1 atom stereocenters. The number of rotatable bonds is 4. The second-order valence-electron chi connectivity index (χ2n) is 6.39. The van der Waals surface area contributed by atoms with Crippen LogP contribution in [-0.2, 0) is 23.1 Å². The second kappa shape index (κ2) is 5.63. The second-order valence-corrected chi connectivity index (χ2v) is 6.39. The van der Waals surface area contributed by atoms with Crippen LogP contribution < -0.4 is 5.32 Å². The molecule has 1 aromatic heterocycles. The van der Waals surface area contributed by atoms with Gasteiger partial charge >= 0.3 is 0 Å². The van der Waals surface area contributed by atoms with Gasteiger partial charge in [-0.25, -0.2) is 4.98 Å². The molecule has 0 saturated heterocycles. The molecule has 2 heterocycles. The lowest BCUT2D eigenvalue weighted by atomic mass is 9.95. The third-order valence-electron chi connectivity index (χ3n) is 3.79. The smallest absolute Gasteiger partial charge is 0.115 e. The van der Waals surface area contributed by atoms with Crippen LogP contribution in [0.25, 0.3) is 0 Å². The van der Waals surface area contributed by atoms with Gasteiger partial charge in [0.15, 0.2) is 0 Å². The van der Waals surface area contributed by atoms with E-state index in [2.05, 4.69) is 37.6 Å². The molecule has 4 nitrogen and oxygen atoms in total. The van der Waals surface area contributed by atoms with E-state index in [-0.39, 0.29) is 5.41 Å². The number of methoxy groups -OCH3 is 1. The van der Waals surface area contributed by atoms with Crippen molar-refractivity contribution in [2.24, 2.45) is 0 Å². The molecular formula is C15H27N3O. The van der Waals surface area contributed by atoms with Crippen molar-refractivity contribution in [1.82, 2.24) is 14.9 Å². The van der Waals surface area contributed by atoms with Crippen LogP contribution in [0.2, 0.25) is 0 Å². The van der Waals surface area contributed by atoms with Crippen LogP contribution in [0.4, 0.5) is 0 Å². The van der Waals surface area contributed by atoms with Gasteiger partial charge < -0.3 is 14.6 Å². The minimum absolute atomic E-state index is 0.0680. The maximum Gasteiger partial charge on any atom is 0.115 e. The largest absolute Gasteiger partial charge is 0.383 e. The Kier molecular flexibility index (Phi) is 4.31. The average molecular weight is 265 g/mol. The van der Waals surface area contributed by atoms with Crippen LogP contribution in [0.1, 0.15) is 57.4 Å². The Morgan fingerprint density at radius 3 is 2.74 bits per heavy atom. The van der Waals surface area contributed by atoms with Gasteiger partial charge in [0.25, 0.3) is 0 Å². The number of nitrogens with zero attached hydrogens (tertiary/aromatic N) is 2. The molecule has 1 unspecified atom stereocenters. The van der Waals surface area contributed by atoms with Gasteiger partial charge in [0.1, 0.15) is 5.82 Å². The van der Waals surface area contributed by atoms with Crippen molar-refractivity contribution in [3.63, 3.8) is 0 Å². The summed E-state index contributed by atoms with van der Waals surface area (Å²) in [4.78, 5) is 4.92. The minimum Gasteiger partial charge on any atom is -0.383 e. The Bertz CT molecular complexity index is 431. The summed E-state index contributed by atoms with van der Waals surface area (Å²) in [6.07, 6.45) is 2.14. The zero-order valence-electron chi connectivity index (χ0n) is 12.9. The van der Waals surface area contributed by atoms with Crippen molar-refractivity contribution in [2.75, 3.05) is 20.3 Å². The summed E-state index contributed by atoms with van der Waals surface area (Å²) in [7, 11) is 1.78. The zero-order valence-corrected chi connectivity index (χ0v) is 12.9. The van der Waals surface area contributed by atoms with Crippen molar-refractivity contribution < 1.29 is 4.74 Å². The van der Waals surface area contributed by atoms with E-state index >= 15 is 0 Å². The molecule has 0 amide bonds. The van der Waals surface area contributed by atoms with E-state index in [0.717, 1.165) is 32.5 Å². The summed E-state index contributed by atoms with van der Waals surface area (Å²) in [5, 5.41) is 3.41. The highest BCUT2D eigenvalue weighted by Gasteiger charge is 2.29. The number of hydrogen-bond acceptors (Lipinski definition) is 3. The van der Waals surface area contributed by atoms with Gasteiger partial charge in [0.05, 0.1) is 18.3 Å². The van der Waals surface area contributed by atoms with Gasteiger partial charge in [-0.2, -0.15) is 0 Å². The van der Waals surface area contributed by atoms with Gasteiger partial charge in [-0.1, -0.05) is 27.7 Å². The number of nitrogens with one attached hydrogen (secondary N) is 1. The molecule has 0 fully saturated rings. The van der Waals surface area contributed by atoms with Crippen molar-refractivity contribution in [2.45, 2.75) is 58.5 Å². The molecule has 108 valence electrons. The van der Waals surface area contributed by atoms with Crippen LogP contribution in [-0.4, -0.2) is 29.8 Å². The summed E-state index contributed by atoms with van der Waals surface area (Å²) in [6, 6.07) is 0.397. The first-order chi connectivity index (χ1) is 8.99. The zero-order chi connectivity index (χ0) is 14.0. The van der Waals surface area contributed by atoms with Crippen LogP contribution in [0.5, 0.6) is 0 Å². The molecule has 2 rings (SSSR count). The van der Waals surface area contributed by atoms with Gasteiger partial charge in [-0.05, 0) is 6.42 Å². The molecule has 1 aliphatic heterocycles. The van der Waals surface area contributed by atoms with E-state index in [9.17, 15) is 0 Å². The molecule has 19 heavy (non-hydrogen) atoms. The number of ether oxygens (including phenoxy) is 1. The quantitative estimate of drug-likeness (QED) is 0.908. The van der Waals surface area contributed by atoms with Gasteiger partial charge in [-0.15, -0.1) is 0 Å². The standard InChI is InChI=1S/C15H27N3O/c1-6-11(10-19-5)18-13-7-8-16-9-12(13)17-14(18)15(2,3)4/h11,16H,6-10H2,1-5H3. The maximum atomic E-state index is 5.41. The molecular weight excluding hydrogens is 238 g/mol. The molecule has 0 saturated carbocycles. The lowest BCUT2D eigenvalue weighted by Crippen LogP contribution is -2.28. The highest BCUT2D eigenvalue weighted by molar-refractivity contribution is 5.24. The number of fused-ring (bicyclic) bond motifs is 1. The minimum atomic E-state index is 0.0680. The Morgan fingerprint density at radius 1 is 1.42 bits per heavy atom. The average Bonchev–Trinajstić information content (AvgIpc) is 2.75. The predicted octanol–water partition coefficient (Wildman–Crippen LogP) is 2.42. The van der Waals surface area contributed by atoms with E-state index in [0.29, 0.717) is 6.04 Å². The Balaban J connectivity index is 2.51. The fraction of sp³-hybridized carbons (Fsp3) is 0.800. The van der Waals surface area contributed by atoms with Crippen molar-refractivity contribution in [1.29, 1.82) is 0 Å². The first kappa shape index (κ1) is 14.5. The summed E-state index contributed by atoms with van der Waals surface area (Å²) in [5.41, 5.74) is 2.71. The molecule has 1 N–H and O–H groups in total. The first-order valence-electron chi connectivity index (χ1n) is 7.29. The van der Waals surface area contributed by atoms with Gasteiger partial charge in [0.2, 0.25) is 0 Å². The molecule has 1 aromatic rings. The predicted molar refractivity (Wildman–Crippen MR) is 77.5 cm³/mol. The highest BCUT2D eigenvalue weighted by Crippen LogP contribution is 2.30. The van der Waals surface area contributed by atoms with Crippen LogP contribution >= 0.6 is 0 Å². The SMILES string of the molecule is CCC(COC)n1c(C(C)(C)C)nc2c1CCNC2. The molecule has 0 spiro atoms. The summed E-state index contributed by atoms with van der Waals surface area (Å²) in [6.45, 7) is 11.7. The Morgan fingerprint density at radius 2 is 2.16 bits per heavy atom. The first-order valence-corrected chi connectivity index (χ1v) is 7.29. The monoisotopic (exact) mass is 265 g/mol. The third kappa shape index (κ3) is 2.84. The van der Waals surface area contributed by atoms with Crippen LogP contribution in [0.3, 0.4) is 0 Å². The maximum absolute atomic E-state index is 5.41. The van der Waals surface area contributed by atoms with Crippen molar-refractivity contribution in [3.05, 3.63) is 17.2 Å². The molecule has 0 bridgehead atoms. The van der Waals surface area contributed by atoms with Crippen molar-refractivity contribution >= 4 is 0 Å². The molecule has 4 heteroatoms. The Labute approximate surface area is 116 Å². The molecule has 0 aromatic carbocycles. The van der Waals surface area contributed by atoms with Gasteiger partial charge in [-0.3, -0.25) is 0 Å². The lowest BCUT2D eigenvalue weighted by molar-refractivity contribution is 0.148. The highest BCUT2D eigenvalue weighted by atomic mass is 16.5. The fourth-order valence-electron chi connectivity index (χ4n) is 2.82. The van der Waals surface area contributed by atoms with Crippen molar-refractivity contribution in [3.8, 4) is 0 Å². The van der Waals surface area contributed by atoms with E-state index < -0.39 is 0 Å². The fourth-order valence-corrected chi connectivity index (χ4v) is 2.82. The topological polar surface area (TPSA) is 39.1 Å². The Hall–Kier alpha value is -0.870. The van der Waals surface area contributed by atoms with E-state index in [1.807, 2.05) is 0 Å². The summed E-state index contributed by atoms with van der Waals surface area (Å²) >= 11 is 0. The lowest BCUT2D eigenvalue weighted by Gasteiger charge is -2.27. The number of imidazole rings is 1. The summed E-state index contributed by atoms with van der Waals surface area (Å²) < 4.78 is 7.87. The normalized spacial score (nSPS) is 17.3. The third-order valence-corrected chi connectivity index (χ3v) is 3.79. The van der Waals surface area contributed by atoms with Crippen LogP contribution in [0, 0.1) is 0 Å². The number of aromatic nitrogens is 2.